The van der Waals surface area contributed by atoms with E-state index in [1.165, 1.54) is 50.7 Å². The van der Waals surface area contributed by atoms with Crippen LogP contribution in [0.1, 0.15) is 146 Å². The number of rotatable bonds is 22. The van der Waals surface area contributed by atoms with E-state index in [0.29, 0.717) is 23.2 Å². The zero-order valence-corrected chi connectivity index (χ0v) is 40.0. The molecule has 4 aromatic carbocycles. The van der Waals surface area contributed by atoms with Crippen molar-refractivity contribution >= 4 is 11.4 Å². The van der Waals surface area contributed by atoms with Crippen LogP contribution in [-0.4, -0.2) is 26.2 Å². The number of anilines is 2. The van der Waals surface area contributed by atoms with E-state index >= 15 is 0 Å². The van der Waals surface area contributed by atoms with E-state index in [2.05, 4.69) is 91.2 Å². The van der Waals surface area contributed by atoms with E-state index in [0.717, 1.165) is 64.7 Å². The Bertz CT molecular complexity index is 1390. The summed E-state index contributed by atoms with van der Waals surface area (Å²) in [5.74, 6) is -1.10. The zero-order valence-electron chi connectivity index (χ0n) is 38.5. The first-order chi connectivity index (χ1) is 27.6. The molecule has 0 aliphatic carbocycles. The van der Waals surface area contributed by atoms with Crippen LogP contribution in [0.5, 0.6) is 0 Å². The largest absolute Gasteiger partial charge is 4.00 e. The van der Waals surface area contributed by atoms with Crippen molar-refractivity contribution in [3.63, 3.8) is 0 Å². The second-order valence-corrected chi connectivity index (χ2v) is 17.2. The first-order valence-electron chi connectivity index (χ1n) is 22.2. The third kappa shape index (κ3) is 24.9. The third-order valence-corrected chi connectivity index (χ3v) is 11.3. The minimum Gasteiger partial charge on any atom is -0.421 e. The van der Waals surface area contributed by atoms with Gasteiger partial charge >= 0.3 is 21.7 Å². The van der Waals surface area contributed by atoms with Crippen LogP contribution in [0, 0.1) is 58.1 Å². The molecule has 0 saturated carbocycles. The summed E-state index contributed by atoms with van der Waals surface area (Å²) in [4.78, 5) is 4.17. The first kappa shape index (κ1) is 56.2. The average Bonchev–Trinajstić information content (AvgIpc) is 3.99. The van der Waals surface area contributed by atoms with Gasteiger partial charge in [-0.25, -0.2) is 41.8 Å². The van der Waals surface area contributed by atoms with Gasteiger partial charge in [0.1, 0.15) is 0 Å². The molecule has 7 heteroatoms. The monoisotopic (exact) mass is 855 g/mol. The number of nitrogens with zero attached hydrogens (tertiary/aromatic N) is 2. The maximum absolute atomic E-state index is 14.3. The van der Waals surface area contributed by atoms with Gasteiger partial charge in [0.05, 0.1) is 0 Å². The van der Waals surface area contributed by atoms with Crippen molar-refractivity contribution in [1.82, 2.24) is 0 Å². The second-order valence-electron chi connectivity index (χ2n) is 17.2. The summed E-state index contributed by atoms with van der Waals surface area (Å²) in [5, 5.41) is 0. The van der Waals surface area contributed by atoms with E-state index in [1.807, 2.05) is 60.7 Å². The fraction of sp³-hybridized carbons (Fsp3) is 0.577. The molecule has 59 heavy (non-hydrogen) atoms. The molecule has 2 unspecified atom stereocenters. The molecular weight excluding hydrogens is 776 g/mol. The van der Waals surface area contributed by atoms with Crippen molar-refractivity contribution in [2.24, 2.45) is 22.7 Å². The van der Waals surface area contributed by atoms with E-state index in [4.69, 9.17) is 0 Å². The molecule has 0 bridgehead atoms. The van der Waals surface area contributed by atoms with Crippen LogP contribution in [-0.2, 0) is 21.7 Å². The smallest absolute Gasteiger partial charge is 0.421 e. The molecule has 0 fully saturated rings. The van der Waals surface area contributed by atoms with E-state index < -0.39 is 23.3 Å². The molecule has 328 valence electrons. The zero-order chi connectivity index (χ0) is 43.4. The molecule has 4 rings (SSSR count). The van der Waals surface area contributed by atoms with Crippen molar-refractivity contribution in [2.45, 2.75) is 146 Å². The van der Waals surface area contributed by atoms with Gasteiger partial charge in [0.15, 0.2) is 0 Å². The van der Waals surface area contributed by atoms with Crippen molar-refractivity contribution in [3.8, 4) is 0 Å². The Balaban J connectivity index is 0.000000903. The molecule has 0 aliphatic heterocycles. The van der Waals surface area contributed by atoms with Gasteiger partial charge in [-0.1, -0.05) is 121 Å². The predicted molar refractivity (Wildman–Crippen MR) is 243 cm³/mol. The Labute approximate surface area is 374 Å². The summed E-state index contributed by atoms with van der Waals surface area (Å²) in [7, 11) is 0. The van der Waals surface area contributed by atoms with E-state index in [1.54, 1.807) is 12.1 Å². The van der Waals surface area contributed by atoms with E-state index in [9.17, 15) is 17.6 Å². The molecule has 0 N–H and O–H groups in total. The second kappa shape index (κ2) is 32.0. The maximum Gasteiger partial charge on any atom is 4.00 e. The Hall–Kier alpha value is -2.83. The van der Waals surface area contributed by atoms with Gasteiger partial charge in [0.2, 0.25) is 0 Å². The molecule has 0 aromatic heterocycles. The summed E-state index contributed by atoms with van der Waals surface area (Å²) in [6.45, 7) is 25.1. The quantitative estimate of drug-likeness (QED) is 0.0441. The predicted octanol–water partition coefficient (Wildman–Crippen LogP) is 16.0. The van der Waals surface area contributed by atoms with Crippen LogP contribution in [0.25, 0.3) is 0 Å². The standard InChI is InChI=1S/2C21H34F2N.2C5H5.Ti/c2*1-6-9-10-17(7-2)13-14-24(16-21(4,5)8-3)20-12-11-18(22)15-19(20)23;2*1-2-4-5-3-1;/h2*11-12,17H,6-10,13-14,16H2,1-5H3;2*1-5H;/q4*-1;+4. The van der Waals surface area contributed by atoms with E-state index in [-0.39, 0.29) is 32.5 Å². The molecule has 0 heterocycles. The number of hydrogen-bond acceptors (Lipinski definition) is 2. The molecule has 0 spiro atoms. The topological polar surface area (TPSA) is 6.48 Å². The maximum atomic E-state index is 14.3. The van der Waals surface area contributed by atoms with Crippen molar-refractivity contribution in [1.29, 1.82) is 0 Å². The van der Waals surface area contributed by atoms with Gasteiger partial charge in [-0.2, -0.15) is 36.4 Å². The van der Waals surface area contributed by atoms with Gasteiger partial charge in [-0.05, 0) is 59.7 Å². The summed E-state index contributed by atoms with van der Waals surface area (Å²) >= 11 is 0. The van der Waals surface area contributed by atoms with Gasteiger partial charge in [-0.15, -0.1) is 36.4 Å². The molecule has 0 saturated heterocycles. The molecule has 0 aliphatic rings. The molecule has 4 aromatic rings. The fourth-order valence-corrected chi connectivity index (χ4v) is 6.60. The van der Waals surface area contributed by atoms with Crippen LogP contribution in [0.3, 0.4) is 0 Å². The Morgan fingerprint density at radius 3 is 1.12 bits per heavy atom. The molecule has 2 nitrogen and oxygen atoms in total. The van der Waals surface area contributed by atoms with Crippen LogP contribution in [0.15, 0.2) is 84.9 Å². The number of benzene rings is 2. The summed E-state index contributed by atoms with van der Waals surface area (Å²) < 4.78 is 54.9. The van der Waals surface area contributed by atoms with Gasteiger partial charge in [-0.3, -0.25) is 0 Å². The van der Waals surface area contributed by atoms with Gasteiger partial charge in [0, 0.05) is 49.4 Å². The molecular formula is C52H78F4N2Ti. The molecule has 0 radical (unpaired) electrons. The Morgan fingerprint density at radius 2 is 0.881 bits per heavy atom. The Morgan fingerprint density at radius 1 is 0.542 bits per heavy atom. The minimum atomic E-state index is -0.639. The number of halogens is 4. The van der Waals surface area contributed by atoms with Gasteiger partial charge in [0.25, 0.3) is 0 Å². The third-order valence-electron chi connectivity index (χ3n) is 11.3. The summed E-state index contributed by atoms with van der Waals surface area (Å²) in [6.07, 6.45) is 13.8. The minimum absolute atomic E-state index is 0. The fourth-order valence-electron chi connectivity index (χ4n) is 6.60. The molecule has 2 atom stereocenters. The molecule has 0 amide bonds. The number of hydrogen-bond donors (Lipinski definition) is 0. The average molecular weight is 855 g/mol. The van der Waals surface area contributed by atoms with Crippen LogP contribution < -0.4 is 9.80 Å². The van der Waals surface area contributed by atoms with Crippen LogP contribution in [0.4, 0.5) is 28.9 Å². The van der Waals surface area contributed by atoms with Gasteiger partial charge < -0.3 is 9.80 Å². The SMILES string of the molecule is CCCCC(CC)CCN(CC(C)(C)CC)c1ccc(F)[c-]c1F.CCCCC(CC)CCN(CC(C)(C)CC)c1ccc(F)[c-]c1F.[Ti+4].c1cc[cH-]c1.c1cc[cH-]c1. The van der Waals surface area contributed by atoms with Crippen LogP contribution >= 0.6 is 0 Å². The van der Waals surface area contributed by atoms with Crippen molar-refractivity contribution in [2.75, 3.05) is 36.0 Å². The van der Waals surface area contributed by atoms with Crippen LogP contribution in [0.2, 0.25) is 0 Å². The summed E-state index contributed by atoms with van der Waals surface area (Å²) in [6, 6.07) is 30.1. The normalized spacial score (nSPS) is 12.0. The van der Waals surface area contributed by atoms with Crippen molar-refractivity contribution in [3.05, 3.63) is 120 Å². The first-order valence-corrected chi connectivity index (χ1v) is 22.2. The summed E-state index contributed by atoms with van der Waals surface area (Å²) in [5.41, 5.74) is 1.13. The van der Waals surface area contributed by atoms with Crippen molar-refractivity contribution < 1.29 is 39.3 Å². The number of unbranched alkanes of at least 4 members (excludes halogenated alkanes) is 2. The Kier molecular flexibility index (Phi) is 30.4.